The van der Waals surface area contributed by atoms with Crippen molar-refractivity contribution in [1.29, 1.82) is 0 Å². The van der Waals surface area contributed by atoms with Crippen molar-refractivity contribution in [1.82, 2.24) is 0 Å². The maximum Gasteiger partial charge on any atom is 0.131 e. The molecule has 9 aromatic carbocycles. The number of anilines is 3. The van der Waals surface area contributed by atoms with E-state index in [-0.39, 0.29) is 5.41 Å². The van der Waals surface area contributed by atoms with E-state index in [4.69, 9.17) is 9.47 Å². The van der Waals surface area contributed by atoms with Gasteiger partial charge in [-0.3, -0.25) is 0 Å². The number of rotatable bonds is 7. The zero-order valence-electron chi connectivity index (χ0n) is 34.2. The molecule has 0 fully saturated rings. The zero-order chi connectivity index (χ0) is 40.9. The van der Waals surface area contributed by atoms with Crippen molar-refractivity contribution in [2.75, 3.05) is 4.90 Å². The summed E-state index contributed by atoms with van der Waals surface area (Å²) in [6, 6.07) is 75.9. The molecule has 0 N–H and O–H groups in total. The molecule has 61 heavy (non-hydrogen) atoms. The third-order valence-corrected chi connectivity index (χ3v) is 12.4. The Morgan fingerprint density at radius 3 is 1.33 bits per heavy atom. The van der Waals surface area contributed by atoms with E-state index in [0.717, 1.165) is 57.6 Å². The molecule has 0 aromatic heterocycles. The first-order valence-corrected chi connectivity index (χ1v) is 21.0. The summed E-state index contributed by atoms with van der Waals surface area (Å²) < 4.78 is 12.6. The molecule has 0 saturated carbocycles. The normalized spacial score (nSPS) is 13.1. The molecule has 2 heterocycles. The van der Waals surface area contributed by atoms with Crippen molar-refractivity contribution < 1.29 is 9.47 Å². The van der Waals surface area contributed by atoms with Crippen LogP contribution in [0, 0.1) is 0 Å². The topological polar surface area (TPSA) is 21.7 Å². The van der Waals surface area contributed by atoms with Crippen LogP contribution in [0.4, 0.5) is 17.1 Å². The minimum absolute atomic E-state index is 0.183. The van der Waals surface area contributed by atoms with Gasteiger partial charge >= 0.3 is 0 Å². The Kier molecular flexibility index (Phi) is 8.90. The summed E-state index contributed by atoms with van der Waals surface area (Å²) in [6.07, 6.45) is 0.860. The van der Waals surface area contributed by atoms with Gasteiger partial charge in [0.25, 0.3) is 0 Å². The van der Waals surface area contributed by atoms with Gasteiger partial charge in [0.1, 0.15) is 23.0 Å². The van der Waals surface area contributed by atoms with Crippen molar-refractivity contribution in [2.45, 2.75) is 25.7 Å². The molecule has 0 atom stereocenters. The molecule has 0 unspecified atom stereocenters. The quantitative estimate of drug-likeness (QED) is 0.161. The Labute approximate surface area is 357 Å². The average molecular weight is 786 g/mol. The van der Waals surface area contributed by atoms with E-state index in [0.29, 0.717) is 0 Å². The molecular formula is C58H43NO2. The molecule has 3 heteroatoms. The van der Waals surface area contributed by atoms with Crippen LogP contribution in [0.5, 0.6) is 23.0 Å². The third kappa shape index (κ3) is 6.75. The summed E-state index contributed by atoms with van der Waals surface area (Å²) >= 11 is 0. The molecular weight excluding hydrogens is 743 g/mol. The second kappa shape index (κ2) is 14.9. The lowest BCUT2D eigenvalue weighted by Gasteiger charge is -2.34. The number of ether oxygens (including phenoxy) is 2. The highest BCUT2D eigenvalue weighted by molar-refractivity contribution is 5.82. The third-order valence-electron chi connectivity index (χ3n) is 12.4. The lowest BCUT2D eigenvalue weighted by molar-refractivity contribution is 0.418. The molecule has 3 nitrogen and oxygen atoms in total. The summed E-state index contributed by atoms with van der Waals surface area (Å²) in [5.74, 6) is 3.73. The molecule has 0 aliphatic carbocycles. The Morgan fingerprint density at radius 1 is 0.328 bits per heavy atom. The van der Waals surface area contributed by atoms with Crippen LogP contribution >= 0.6 is 0 Å². The fourth-order valence-corrected chi connectivity index (χ4v) is 9.03. The molecule has 0 amide bonds. The monoisotopic (exact) mass is 785 g/mol. The Hall–Kier alpha value is -7.62. The molecule has 0 radical (unpaired) electrons. The van der Waals surface area contributed by atoms with Gasteiger partial charge in [-0.25, -0.2) is 0 Å². The summed E-state index contributed by atoms with van der Waals surface area (Å²) in [7, 11) is 0. The first-order valence-electron chi connectivity index (χ1n) is 21.0. The number of hydrogen-bond acceptors (Lipinski definition) is 3. The highest BCUT2D eigenvalue weighted by Crippen LogP contribution is 2.49. The van der Waals surface area contributed by atoms with Crippen LogP contribution < -0.4 is 14.4 Å². The van der Waals surface area contributed by atoms with E-state index >= 15 is 0 Å². The highest BCUT2D eigenvalue weighted by atomic mass is 16.5. The van der Waals surface area contributed by atoms with E-state index < -0.39 is 0 Å². The zero-order valence-corrected chi connectivity index (χ0v) is 34.2. The van der Waals surface area contributed by atoms with Crippen molar-refractivity contribution in [3.8, 4) is 67.5 Å². The first-order chi connectivity index (χ1) is 29.9. The molecule has 0 spiro atoms. The van der Waals surface area contributed by atoms with Crippen LogP contribution in [0.1, 0.15) is 36.1 Å². The van der Waals surface area contributed by atoms with Crippen LogP contribution in [0.25, 0.3) is 44.5 Å². The van der Waals surface area contributed by atoms with E-state index in [1.807, 2.05) is 18.2 Å². The Morgan fingerprint density at radius 2 is 0.721 bits per heavy atom. The molecule has 2 aliphatic heterocycles. The van der Waals surface area contributed by atoms with Gasteiger partial charge in [-0.1, -0.05) is 153 Å². The summed E-state index contributed by atoms with van der Waals surface area (Å²) in [5.41, 5.74) is 17.3. The summed E-state index contributed by atoms with van der Waals surface area (Å²) in [4.78, 5) is 2.34. The van der Waals surface area contributed by atoms with Gasteiger partial charge in [0.15, 0.2) is 0 Å². The molecule has 11 rings (SSSR count). The standard InChI is InChI=1S/C58H43NO2/c1-58(2)52-13-7-9-15-56(52)61-57-35-27-46(38-53(57)58)44-24-32-51(33-25-44)59(49-28-20-42(21-29-49)41-18-16-40(17-19-41)39-10-4-3-5-11-39)50-30-22-43(23-31-50)45-26-34-55-48(36-45)37-47-12-6-8-14-54(47)60-55/h3-36,38H,37H2,1-2H3. The predicted molar refractivity (Wildman–Crippen MR) is 251 cm³/mol. The van der Waals surface area contributed by atoms with Crippen molar-refractivity contribution >= 4 is 17.1 Å². The lowest BCUT2D eigenvalue weighted by atomic mass is 9.75. The largest absolute Gasteiger partial charge is 0.457 e. The fourth-order valence-electron chi connectivity index (χ4n) is 9.03. The number of hydrogen-bond donors (Lipinski definition) is 0. The number of benzene rings is 9. The van der Waals surface area contributed by atoms with Gasteiger partial charge in [0.2, 0.25) is 0 Å². The van der Waals surface area contributed by atoms with Crippen LogP contribution in [-0.4, -0.2) is 0 Å². The number of para-hydroxylation sites is 2. The second-order valence-corrected chi connectivity index (χ2v) is 16.6. The smallest absolute Gasteiger partial charge is 0.131 e. The van der Waals surface area contributed by atoms with E-state index in [1.165, 1.54) is 55.6 Å². The first kappa shape index (κ1) is 36.5. The van der Waals surface area contributed by atoms with Crippen LogP contribution in [0.15, 0.2) is 212 Å². The predicted octanol–water partition coefficient (Wildman–Crippen LogP) is 16.0. The molecule has 2 aliphatic rings. The number of fused-ring (bicyclic) bond motifs is 4. The average Bonchev–Trinajstić information content (AvgIpc) is 3.32. The highest BCUT2D eigenvalue weighted by Gasteiger charge is 2.34. The summed E-state index contributed by atoms with van der Waals surface area (Å²) in [5, 5.41) is 0. The minimum Gasteiger partial charge on any atom is -0.457 e. The van der Waals surface area contributed by atoms with E-state index in [2.05, 4.69) is 213 Å². The van der Waals surface area contributed by atoms with Gasteiger partial charge in [-0.2, -0.15) is 0 Å². The second-order valence-electron chi connectivity index (χ2n) is 16.6. The van der Waals surface area contributed by atoms with Gasteiger partial charge in [0.05, 0.1) is 0 Å². The van der Waals surface area contributed by atoms with Gasteiger partial charge in [-0.05, 0) is 128 Å². The van der Waals surface area contributed by atoms with Crippen molar-refractivity contribution in [2.24, 2.45) is 0 Å². The van der Waals surface area contributed by atoms with E-state index in [9.17, 15) is 0 Å². The minimum atomic E-state index is -0.183. The maximum atomic E-state index is 6.37. The molecule has 0 bridgehead atoms. The SMILES string of the molecule is CC1(C)c2ccccc2Oc2ccc(-c3ccc(N(c4ccc(-c5ccc(-c6ccccc6)cc5)cc4)c4ccc(-c5ccc6c(c5)Cc5ccccc5O6)cc4)cc3)cc21. The Balaban J connectivity index is 0.919. The van der Waals surface area contributed by atoms with Gasteiger partial charge in [-0.15, -0.1) is 0 Å². The van der Waals surface area contributed by atoms with E-state index in [1.54, 1.807) is 0 Å². The maximum absolute atomic E-state index is 6.37. The molecule has 292 valence electrons. The summed E-state index contributed by atoms with van der Waals surface area (Å²) in [6.45, 7) is 4.57. The van der Waals surface area contributed by atoms with Gasteiger partial charge < -0.3 is 14.4 Å². The van der Waals surface area contributed by atoms with Crippen LogP contribution in [0.2, 0.25) is 0 Å². The Bertz CT molecular complexity index is 3040. The van der Waals surface area contributed by atoms with Crippen molar-refractivity contribution in [3.63, 3.8) is 0 Å². The lowest BCUT2D eigenvalue weighted by Crippen LogP contribution is -2.24. The molecule has 9 aromatic rings. The van der Waals surface area contributed by atoms with Crippen LogP contribution in [-0.2, 0) is 11.8 Å². The number of nitrogens with zero attached hydrogens (tertiary/aromatic N) is 1. The fraction of sp³-hybridized carbons (Fsp3) is 0.0690. The van der Waals surface area contributed by atoms with Crippen LogP contribution in [0.3, 0.4) is 0 Å². The van der Waals surface area contributed by atoms with Crippen molar-refractivity contribution in [3.05, 3.63) is 235 Å². The van der Waals surface area contributed by atoms with Gasteiger partial charge in [0, 0.05) is 40.0 Å². The molecule has 0 saturated heterocycles.